The fourth-order valence-electron chi connectivity index (χ4n) is 1.68. The number of carbonyl (C=O) groups is 2. The summed E-state index contributed by atoms with van der Waals surface area (Å²) in [4.78, 5) is 27.3. The fraction of sp³-hybridized carbons (Fsp3) is 0.154. The molecule has 0 unspecified atom stereocenters. The molecule has 0 N–H and O–H groups in total. The lowest BCUT2D eigenvalue weighted by atomic mass is 10.2. The van der Waals surface area contributed by atoms with Crippen molar-refractivity contribution in [3.8, 4) is 0 Å². The van der Waals surface area contributed by atoms with Gasteiger partial charge in [0, 0.05) is 12.3 Å². The number of alkyl halides is 3. The van der Waals surface area contributed by atoms with E-state index < -0.39 is 17.6 Å². The summed E-state index contributed by atoms with van der Waals surface area (Å²) >= 11 is 1.00. The van der Waals surface area contributed by atoms with Crippen LogP contribution >= 0.6 is 11.3 Å². The molecule has 110 valence electrons. The summed E-state index contributed by atoms with van der Waals surface area (Å²) in [6.45, 7) is 1.21. The van der Waals surface area contributed by atoms with Crippen molar-refractivity contribution in [2.75, 3.05) is 4.90 Å². The third-order valence-corrected chi connectivity index (χ3v) is 3.41. The van der Waals surface area contributed by atoms with Crippen LogP contribution in [-0.2, 0) is 11.0 Å². The highest BCUT2D eigenvalue weighted by Crippen LogP contribution is 2.34. The van der Waals surface area contributed by atoms with E-state index in [2.05, 4.69) is 4.98 Å². The molecule has 0 spiro atoms. The molecule has 0 radical (unpaired) electrons. The van der Waals surface area contributed by atoms with Gasteiger partial charge < -0.3 is 0 Å². The Morgan fingerprint density at radius 2 is 2.10 bits per heavy atom. The van der Waals surface area contributed by atoms with Crippen LogP contribution in [0.15, 0.2) is 29.6 Å². The fourth-order valence-corrected chi connectivity index (χ4v) is 2.51. The van der Waals surface area contributed by atoms with Crippen LogP contribution in [0.1, 0.15) is 23.0 Å². The van der Waals surface area contributed by atoms with Gasteiger partial charge in [-0.05, 0) is 18.2 Å². The quantitative estimate of drug-likeness (QED) is 0.812. The molecular weight excluding hydrogens is 305 g/mol. The van der Waals surface area contributed by atoms with Crippen molar-refractivity contribution < 1.29 is 22.8 Å². The number of rotatable bonds is 3. The summed E-state index contributed by atoms with van der Waals surface area (Å²) in [6.07, 6.45) is -4.00. The predicted molar refractivity (Wildman–Crippen MR) is 71.8 cm³/mol. The molecule has 0 saturated carbocycles. The lowest BCUT2D eigenvalue weighted by Gasteiger charge is -2.19. The third-order valence-electron chi connectivity index (χ3n) is 2.57. The van der Waals surface area contributed by atoms with Crippen LogP contribution in [0, 0.1) is 0 Å². The van der Waals surface area contributed by atoms with Gasteiger partial charge in [0.1, 0.15) is 5.69 Å². The van der Waals surface area contributed by atoms with Gasteiger partial charge in [-0.25, -0.2) is 4.98 Å². The van der Waals surface area contributed by atoms with Crippen molar-refractivity contribution in [3.05, 3.63) is 40.9 Å². The molecule has 4 nitrogen and oxygen atoms in total. The number of thiazole rings is 1. The molecule has 2 aromatic rings. The Hall–Kier alpha value is -2.22. The molecule has 21 heavy (non-hydrogen) atoms. The first kappa shape index (κ1) is 15.2. The number of carbonyl (C=O) groups excluding carboxylic acids is 2. The van der Waals surface area contributed by atoms with E-state index in [0.717, 1.165) is 28.4 Å². The first-order valence-corrected chi connectivity index (χ1v) is 6.59. The van der Waals surface area contributed by atoms with Crippen molar-refractivity contribution in [2.24, 2.45) is 0 Å². The van der Waals surface area contributed by atoms with E-state index in [1.807, 2.05) is 0 Å². The Morgan fingerprint density at radius 1 is 1.38 bits per heavy atom. The van der Waals surface area contributed by atoms with E-state index in [9.17, 15) is 22.8 Å². The summed E-state index contributed by atoms with van der Waals surface area (Å²) in [5.41, 5.74) is -0.698. The molecule has 1 aromatic carbocycles. The van der Waals surface area contributed by atoms with Gasteiger partial charge in [-0.2, -0.15) is 13.2 Å². The van der Waals surface area contributed by atoms with Crippen molar-refractivity contribution in [1.82, 2.24) is 4.98 Å². The molecule has 0 atom stereocenters. The molecule has 1 aromatic heterocycles. The summed E-state index contributed by atoms with van der Waals surface area (Å²) in [7, 11) is 0. The molecule has 1 amide bonds. The normalized spacial score (nSPS) is 11.2. The standard InChI is InChI=1S/C13H9F3N2O2S/c1-8(20)18(12-17-10(6-19)7-21-12)11-4-2-3-9(5-11)13(14,15)16/h2-7H,1H3. The van der Waals surface area contributed by atoms with Crippen molar-refractivity contribution in [1.29, 1.82) is 0 Å². The maximum atomic E-state index is 12.7. The lowest BCUT2D eigenvalue weighted by molar-refractivity contribution is -0.137. The van der Waals surface area contributed by atoms with Crippen molar-refractivity contribution >= 4 is 34.3 Å². The van der Waals surface area contributed by atoms with Gasteiger partial charge in [0.15, 0.2) is 11.4 Å². The highest BCUT2D eigenvalue weighted by atomic mass is 32.1. The zero-order valence-electron chi connectivity index (χ0n) is 10.7. The molecule has 0 fully saturated rings. The number of nitrogens with zero attached hydrogens (tertiary/aromatic N) is 2. The Kier molecular flexibility index (Phi) is 4.08. The molecule has 1 heterocycles. The first-order chi connectivity index (χ1) is 9.82. The van der Waals surface area contributed by atoms with Gasteiger partial charge in [-0.3, -0.25) is 14.5 Å². The monoisotopic (exact) mass is 314 g/mol. The van der Waals surface area contributed by atoms with Gasteiger partial charge in [0.2, 0.25) is 5.91 Å². The first-order valence-electron chi connectivity index (χ1n) is 5.71. The number of hydrogen-bond acceptors (Lipinski definition) is 4. The van der Waals surface area contributed by atoms with Gasteiger partial charge in [-0.1, -0.05) is 6.07 Å². The van der Waals surface area contributed by atoms with E-state index >= 15 is 0 Å². The molecule has 0 aliphatic carbocycles. The lowest BCUT2D eigenvalue weighted by Crippen LogP contribution is -2.23. The summed E-state index contributed by atoms with van der Waals surface area (Å²) in [5.74, 6) is -0.499. The second kappa shape index (κ2) is 5.65. The van der Waals surface area contributed by atoms with Crippen LogP contribution in [0.4, 0.5) is 24.0 Å². The molecule has 0 saturated heterocycles. The van der Waals surface area contributed by atoms with Crippen molar-refractivity contribution in [2.45, 2.75) is 13.1 Å². The number of benzene rings is 1. The summed E-state index contributed by atoms with van der Waals surface area (Å²) in [6, 6.07) is 4.37. The average molecular weight is 314 g/mol. The zero-order valence-corrected chi connectivity index (χ0v) is 11.5. The molecule has 0 bridgehead atoms. The second-order valence-corrected chi connectivity index (χ2v) is 4.91. The number of amides is 1. The third kappa shape index (κ3) is 3.27. The number of aromatic nitrogens is 1. The van der Waals surface area contributed by atoms with Crippen LogP contribution in [0.2, 0.25) is 0 Å². The Balaban J connectivity index is 2.48. The number of anilines is 2. The van der Waals surface area contributed by atoms with Crippen LogP contribution in [0.3, 0.4) is 0 Å². The largest absolute Gasteiger partial charge is 0.416 e. The Morgan fingerprint density at radius 3 is 2.62 bits per heavy atom. The van der Waals surface area contributed by atoms with E-state index in [1.165, 1.54) is 24.4 Å². The molecular formula is C13H9F3N2O2S. The SMILES string of the molecule is CC(=O)N(c1cccc(C(F)(F)F)c1)c1nc(C=O)cs1. The average Bonchev–Trinajstić information content (AvgIpc) is 2.86. The minimum atomic E-state index is -4.50. The minimum absolute atomic E-state index is 0.0455. The summed E-state index contributed by atoms with van der Waals surface area (Å²) < 4.78 is 38.2. The van der Waals surface area contributed by atoms with Gasteiger partial charge in [0.05, 0.1) is 11.3 Å². The maximum absolute atomic E-state index is 12.7. The number of hydrogen-bond donors (Lipinski definition) is 0. The van der Waals surface area contributed by atoms with Crippen LogP contribution in [-0.4, -0.2) is 17.2 Å². The molecule has 8 heteroatoms. The van der Waals surface area contributed by atoms with E-state index in [4.69, 9.17) is 0 Å². The highest BCUT2D eigenvalue weighted by molar-refractivity contribution is 7.14. The summed E-state index contributed by atoms with van der Waals surface area (Å²) in [5, 5.41) is 1.57. The van der Waals surface area contributed by atoms with E-state index in [-0.39, 0.29) is 16.5 Å². The van der Waals surface area contributed by atoms with Gasteiger partial charge in [0.25, 0.3) is 0 Å². The second-order valence-electron chi connectivity index (χ2n) is 4.08. The highest BCUT2D eigenvalue weighted by Gasteiger charge is 2.31. The smallest absolute Gasteiger partial charge is 0.296 e. The Labute approximate surface area is 121 Å². The van der Waals surface area contributed by atoms with Crippen molar-refractivity contribution in [3.63, 3.8) is 0 Å². The topological polar surface area (TPSA) is 50.3 Å². The van der Waals surface area contributed by atoms with Gasteiger partial charge in [-0.15, -0.1) is 11.3 Å². The molecule has 2 rings (SSSR count). The van der Waals surface area contributed by atoms with Crippen LogP contribution in [0.25, 0.3) is 0 Å². The molecule has 0 aliphatic rings. The maximum Gasteiger partial charge on any atom is 0.416 e. The van der Waals surface area contributed by atoms with Crippen LogP contribution in [0.5, 0.6) is 0 Å². The zero-order chi connectivity index (χ0) is 15.6. The van der Waals surface area contributed by atoms with E-state index in [1.54, 1.807) is 0 Å². The number of halogens is 3. The minimum Gasteiger partial charge on any atom is -0.296 e. The Bertz CT molecular complexity index is 682. The molecule has 0 aliphatic heterocycles. The van der Waals surface area contributed by atoms with Gasteiger partial charge >= 0.3 is 6.18 Å². The van der Waals surface area contributed by atoms with Crippen LogP contribution < -0.4 is 4.90 Å². The van der Waals surface area contributed by atoms with E-state index in [0.29, 0.717) is 6.29 Å². The number of aldehydes is 1. The predicted octanol–water partition coefficient (Wildman–Crippen LogP) is 3.66.